The summed E-state index contributed by atoms with van der Waals surface area (Å²) in [4.78, 5) is 13.2. The van der Waals surface area contributed by atoms with Gasteiger partial charge >= 0.3 is 0 Å². The Morgan fingerprint density at radius 1 is 1.35 bits per heavy atom. The summed E-state index contributed by atoms with van der Waals surface area (Å²) in [6.07, 6.45) is 0.278. The van der Waals surface area contributed by atoms with Gasteiger partial charge in [-0.2, -0.15) is 0 Å². The van der Waals surface area contributed by atoms with Crippen molar-refractivity contribution >= 4 is 16.9 Å². The number of aliphatic hydroxyl groups is 1. The van der Waals surface area contributed by atoms with Crippen molar-refractivity contribution in [2.45, 2.75) is 13.0 Å². The Labute approximate surface area is 118 Å². The first-order chi connectivity index (χ1) is 9.60. The number of hydrogen-bond acceptors (Lipinski definition) is 4. The molecule has 1 aromatic heterocycles. The maximum Gasteiger partial charge on any atom is 0.229 e. The topological polar surface area (TPSA) is 65.7 Å². The average molecular weight is 276 g/mol. The van der Waals surface area contributed by atoms with E-state index >= 15 is 0 Å². The van der Waals surface area contributed by atoms with Crippen molar-refractivity contribution in [1.29, 1.82) is 0 Å². The molecule has 0 atom stereocenters. The Kier molecular flexibility index (Phi) is 4.76. The quantitative estimate of drug-likeness (QED) is 0.777. The van der Waals surface area contributed by atoms with Crippen molar-refractivity contribution in [3.8, 4) is 0 Å². The Morgan fingerprint density at radius 2 is 2.15 bits per heavy atom. The standard InChI is InChI=1S/C15H20N2O3/c1-17(2)15(19)9-13-8-12-4-3-11(7-14(12)20-13)10-16-5-6-18/h3-4,7-8,16,18H,5-6,9-10H2,1-2H3. The summed E-state index contributed by atoms with van der Waals surface area (Å²) in [7, 11) is 3.46. The number of hydrogen-bond donors (Lipinski definition) is 2. The van der Waals surface area contributed by atoms with Gasteiger partial charge in [-0.15, -0.1) is 0 Å². The first-order valence-electron chi connectivity index (χ1n) is 6.63. The number of nitrogens with zero attached hydrogens (tertiary/aromatic N) is 1. The van der Waals surface area contributed by atoms with E-state index in [-0.39, 0.29) is 18.9 Å². The van der Waals surface area contributed by atoms with Crippen molar-refractivity contribution < 1.29 is 14.3 Å². The molecule has 1 heterocycles. The van der Waals surface area contributed by atoms with Crippen molar-refractivity contribution in [1.82, 2.24) is 10.2 Å². The molecule has 2 rings (SSSR count). The van der Waals surface area contributed by atoms with Crippen LogP contribution in [0.1, 0.15) is 11.3 Å². The number of rotatable bonds is 6. The van der Waals surface area contributed by atoms with E-state index in [1.807, 2.05) is 24.3 Å². The minimum atomic E-state index is 0.0221. The van der Waals surface area contributed by atoms with Crippen LogP contribution >= 0.6 is 0 Å². The molecule has 0 bridgehead atoms. The molecule has 5 heteroatoms. The van der Waals surface area contributed by atoms with Crippen molar-refractivity contribution in [2.24, 2.45) is 0 Å². The highest BCUT2D eigenvalue weighted by atomic mass is 16.3. The molecule has 0 saturated carbocycles. The Bertz CT molecular complexity index is 590. The Balaban J connectivity index is 2.11. The molecular formula is C15H20N2O3. The average Bonchev–Trinajstić information content (AvgIpc) is 2.80. The molecule has 1 amide bonds. The van der Waals surface area contributed by atoms with Gasteiger partial charge in [-0.3, -0.25) is 4.79 Å². The van der Waals surface area contributed by atoms with Gasteiger partial charge in [-0.25, -0.2) is 0 Å². The predicted octanol–water partition coefficient (Wildman–Crippen LogP) is 1.15. The second kappa shape index (κ2) is 6.54. The van der Waals surface area contributed by atoms with E-state index in [1.54, 1.807) is 19.0 Å². The number of fused-ring (bicyclic) bond motifs is 1. The van der Waals surface area contributed by atoms with Gasteiger partial charge in [0.25, 0.3) is 0 Å². The number of amides is 1. The first-order valence-corrected chi connectivity index (χ1v) is 6.63. The summed E-state index contributed by atoms with van der Waals surface area (Å²) in [6, 6.07) is 7.86. The first kappa shape index (κ1) is 14.6. The predicted molar refractivity (Wildman–Crippen MR) is 77.4 cm³/mol. The van der Waals surface area contributed by atoms with E-state index in [0.717, 1.165) is 16.5 Å². The van der Waals surface area contributed by atoms with Gasteiger partial charge in [-0.05, 0) is 17.7 Å². The summed E-state index contributed by atoms with van der Waals surface area (Å²) in [6.45, 7) is 1.38. The number of aliphatic hydroxyl groups excluding tert-OH is 1. The van der Waals surface area contributed by atoms with Crippen LogP contribution in [-0.4, -0.2) is 43.2 Å². The van der Waals surface area contributed by atoms with E-state index in [4.69, 9.17) is 9.52 Å². The number of furan rings is 1. The van der Waals surface area contributed by atoms with Crippen LogP contribution in [0.25, 0.3) is 11.0 Å². The van der Waals surface area contributed by atoms with E-state index in [0.29, 0.717) is 18.8 Å². The molecule has 0 aliphatic rings. The molecule has 0 unspecified atom stereocenters. The van der Waals surface area contributed by atoms with Gasteiger partial charge in [-0.1, -0.05) is 12.1 Å². The molecule has 0 spiro atoms. The third-order valence-corrected chi connectivity index (χ3v) is 3.08. The highest BCUT2D eigenvalue weighted by molar-refractivity contribution is 5.82. The van der Waals surface area contributed by atoms with Crippen LogP contribution in [0.5, 0.6) is 0 Å². The van der Waals surface area contributed by atoms with Gasteiger partial charge in [0, 0.05) is 32.6 Å². The maximum absolute atomic E-state index is 11.7. The zero-order chi connectivity index (χ0) is 14.5. The fourth-order valence-corrected chi connectivity index (χ4v) is 1.95. The maximum atomic E-state index is 11.7. The number of nitrogens with one attached hydrogen (secondary N) is 1. The summed E-state index contributed by atoms with van der Waals surface area (Å²) >= 11 is 0. The fraction of sp³-hybridized carbons (Fsp3) is 0.400. The molecular weight excluding hydrogens is 256 g/mol. The molecule has 20 heavy (non-hydrogen) atoms. The lowest BCUT2D eigenvalue weighted by Crippen LogP contribution is -2.23. The summed E-state index contributed by atoms with van der Waals surface area (Å²) in [5.74, 6) is 0.702. The zero-order valence-corrected chi connectivity index (χ0v) is 11.8. The fourth-order valence-electron chi connectivity index (χ4n) is 1.95. The van der Waals surface area contributed by atoms with Gasteiger partial charge in [0.1, 0.15) is 11.3 Å². The summed E-state index contributed by atoms with van der Waals surface area (Å²) < 4.78 is 5.71. The van der Waals surface area contributed by atoms with Crippen LogP contribution in [-0.2, 0) is 17.8 Å². The highest BCUT2D eigenvalue weighted by Gasteiger charge is 2.10. The molecule has 0 aliphatic carbocycles. The molecule has 0 radical (unpaired) electrons. The number of likely N-dealkylation sites (N-methyl/N-ethyl adjacent to an activating group) is 1. The Hall–Kier alpha value is -1.85. The van der Waals surface area contributed by atoms with Crippen molar-refractivity contribution in [3.63, 3.8) is 0 Å². The second-order valence-electron chi connectivity index (χ2n) is 4.95. The van der Waals surface area contributed by atoms with E-state index in [9.17, 15) is 4.79 Å². The molecule has 0 aliphatic heterocycles. The second-order valence-corrected chi connectivity index (χ2v) is 4.95. The molecule has 2 aromatic rings. The molecule has 0 saturated heterocycles. The number of carbonyl (C=O) groups excluding carboxylic acids is 1. The minimum Gasteiger partial charge on any atom is -0.461 e. The van der Waals surface area contributed by atoms with E-state index in [2.05, 4.69) is 5.32 Å². The smallest absolute Gasteiger partial charge is 0.229 e. The van der Waals surface area contributed by atoms with Crippen molar-refractivity contribution in [3.05, 3.63) is 35.6 Å². The van der Waals surface area contributed by atoms with Crippen molar-refractivity contribution in [2.75, 3.05) is 27.2 Å². The lowest BCUT2D eigenvalue weighted by atomic mass is 10.1. The van der Waals surface area contributed by atoms with Crippen LogP contribution in [0.3, 0.4) is 0 Å². The lowest BCUT2D eigenvalue weighted by molar-refractivity contribution is -0.128. The van der Waals surface area contributed by atoms with Gasteiger partial charge in [0.05, 0.1) is 13.0 Å². The molecule has 108 valence electrons. The monoisotopic (exact) mass is 276 g/mol. The van der Waals surface area contributed by atoms with Crippen LogP contribution in [0.15, 0.2) is 28.7 Å². The summed E-state index contributed by atoms with van der Waals surface area (Å²) in [5, 5.41) is 12.8. The third-order valence-electron chi connectivity index (χ3n) is 3.08. The van der Waals surface area contributed by atoms with Crippen LogP contribution < -0.4 is 5.32 Å². The molecule has 0 fully saturated rings. The SMILES string of the molecule is CN(C)C(=O)Cc1cc2ccc(CNCCO)cc2o1. The van der Waals surface area contributed by atoms with Crippen LogP contribution in [0.2, 0.25) is 0 Å². The minimum absolute atomic E-state index is 0.0221. The largest absolute Gasteiger partial charge is 0.461 e. The summed E-state index contributed by atoms with van der Waals surface area (Å²) in [5.41, 5.74) is 1.88. The van der Waals surface area contributed by atoms with Crippen LogP contribution in [0.4, 0.5) is 0 Å². The number of benzene rings is 1. The third kappa shape index (κ3) is 3.59. The van der Waals surface area contributed by atoms with Gasteiger partial charge in [0.15, 0.2) is 0 Å². The van der Waals surface area contributed by atoms with Gasteiger partial charge < -0.3 is 19.7 Å². The Morgan fingerprint density at radius 3 is 2.85 bits per heavy atom. The van der Waals surface area contributed by atoms with Gasteiger partial charge in [0.2, 0.25) is 5.91 Å². The lowest BCUT2D eigenvalue weighted by Gasteiger charge is -2.07. The molecule has 5 nitrogen and oxygen atoms in total. The molecule has 1 aromatic carbocycles. The van der Waals surface area contributed by atoms with E-state index in [1.165, 1.54) is 0 Å². The highest BCUT2D eigenvalue weighted by Crippen LogP contribution is 2.21. The molecule has 2 N–H and O–H groups in total. The zero-order valence-electron chi connectivity index (χ0n) is 11.8. The van der Waals surface area contributed by atoms with Crippen LogP contribution in [0, 0.1) is 0 Å². The number of carbonyl (C=O) groups is 1. The van der Waals surface area contributed by atoms with E-state index < -0.39 is 0 Å². The normalized spacial score (nSPS) is 10.9.